The summed E-state index contributed by atoms with van der Waals surface area (Å²) in [6.07, 6.45) is 50.1. The lowest BCUT2D eigenvalue weighted by Crippen LogP contribution is -2.65. The van der Waals surface area contributed by atoms with Crippen molar-refractivity contribution in [3.8, 4) is 0 Å². The van der Waals surface area contributed by atoms with Crippen molar-refractivity contribution in [2.24, 2.45) is 0 Å². The lowest BCUT2D eigenvalue weighted by atomic mass is 9.97. The molecule has 2 saturated heterocycles. The van der Waals surface area contributed by atoms with E-state index in [1.165, 1.54) is 270 Å². The maximum Gasteiger partial charge on any atom is 0.220 e. The first-order valence-corrected chi connectivity index (χ1v) is 36.3. The van der Waals surface area contributed by atoms with E-state index in [9.17, 15) is 45.6 Å². The summed E-state index contributed by atoms with van der Waals surface area (Å²) in [5.41, 5.74) is 0. The number of carbonyl (C=O) groups is 1. The van der Waals surface area contributed by atoms with Gasteiger partial charge in [-0.25, -0.2) is 0 Å². The Labute approximate surface area is 514 Å². The van der Waals surface area contributed by atoms with Crippen LogP contribution in [0, 0.1) is 0 Å². The molecular formula is C70H137NO13. The highest BCUT2D eigenvalue weighted by Gasteiger charge is 2.51. The van der Waals surface area contributed by atoms with Gasteiger partial charge in [0.05, 0.1) is 32.0 Å². The van der Waals surface area contributed by atoms with Gasteiger partial charge in [0.25, 0.3) is 0 Å². The van der Waals surface area contributed by atoms with Crippen LogP contribution in [0.4, 0.5) is 0 Å². The van der Waals surface area contributed by atoms with Crippen LogP contribution in [0.2, 0.25) is 0 Å². The second kappa shape index (κ2) is 56.0. The van der Waals surface area contributed by atoms with E-state index in [2.05, 4.69) is 19.2 Å². The second-order valence-corrected chi connectivity index (χ2v) is 26.1. The van der Waals surface area contributed by atoms with Crippen LogP contribution in [-0.4, -0.2) is 140 Å². The van der Waals surface area contributed by atoms with Gasteiger partial charge in [-0.1, -0.05) is 328 Å². The maximum atomic E-state index is 13.3. The van der Waals surface area contributed by atoms with Crippen molar-refractivity contribution >= 4 is 5.91 Å². The number of rotatable bonds is 61. The number of amides is 1. The SMILES string of the molecule is CCCCCCCCCCCCCCCCCCCCCCCCCCCCCCCCCCCCCCC(=O)NC(COC1OC(CO)C(OC2OC(CO)C(O)C(O)C2O)C(O)C1O)C(O)CCCCCCCCCCCCCCCC. The second-order valence-electron chi connectivity index (χ2n) is 26.1. The minimum atomic E-state index is -1.78. The summed E-state index contributed by atoms with van der Waals surface area (Å²) in [6, 6.07) is -0.823. The zero-order valence-electron chi connectivity index (χ0n) is 54.4. The van der Waals surface area contributed by atoms with Gasteiger partial charge in [-0.05, 0) is 12.8 Å². The quantitative estimate of drug-likeness (QED) is 0.0259. The third-order valence-corrected chi connectivity index (χ3v) is 18.3. The highest BCUT2D eigenvalue weighted by atomic mass is 16.7. The summed E-state index contributed by atoms with van der Waals surface area (Å²) in [7, 11) is 0. The van der Waals surface area contributed by atoms with E-state index in [1.54, 1.807) is 0 Å². The van der Waals surface area contributed by atoms with Crippen LogP contribution >= 0.6 is 0 Å². The summed E-state index contributed by atoms with van der Waals surface area (Å²) in [5.74, 6) is -0.198. The number of aliphatic hydroxyl groups excluding tert-OH is 8. The van der Waals surface area contributed by atoms with Gasteiger partial charge in [0.2, 0.25) is 5.91 Å². The van der Waals surface area contributed by atoms with E-state index in [0.29, 0.717) is 12.8 Å². The topological polar surface area (TPSA) is 228 Å². The first-order valence-electron chi connectivity index (χ1n) is 36.3. The van der Waals surface area contributed by atoms with Crippen LogP contribution in [0.5, 0.6) is 0 Å². The lowest BCUT2D eigenvalue weighted by molar-refractivity contribution is -0.359. The summed E-state index contributed by atoms with van der Waals surface area (Å²) >= 11 is 0. The molecule has 84 heavy (non-hydrogen) atoms. The van der Waals surface area contributed by atoms with Crippen LogP contribution in [-0.2, 0) is 23.7 Å². The Morgan fingerprint density at radius 1 is 0.381 bits per heavy atom. The minimum Gasteiger partial charge on any atom is -0.394 e. The van der Waals surface area contributed by atoms with E-state index < -0.39 is 86.8 Å². The summed E-state index contributed by atoms with van der Waals surface area (Å²) in [4.78, 5) is 13.3. The molecule has 0 radical (unpaired) electrons. The molecule has 500 valence electrons. The Morgan fingerprint density at radius 3 is 1.01 bits per heavy atom. The van der Waals surface area contributed by atoms with Crippen molar-refractivity contribution in [1.29, 1.82) is 0 Å². The average Bonchev–Trinajstić information content (AvgIpc) is 3.70. The summed E-state index contributed by atoms with van der Waals surface area (Å²) in [5, 5.41) is 87.4. The van der Waals surface area contributed by atoms with Crippen molar-refractivity contribution in [2.45, 2.75) is 421 Å². The molecule has 0 bridgehead atoms. The molecule has 1 amide bonds. The minimum absolute atomic E-state index is 0.198. The van der Waals surface area contributed by atoms with Crippen LogP contribution in [0.15, 0.2) is 0 Å². The average molecular weight is 1200 g/mol. The van der Waals surface area contributed by atoms with Crippen molar-refractivity contribution in [2.75, 3.05) is 19.8 Å². The molecule has 2 aliphatic rings. The van der Waals surface area contributed by atoms with Gasteiger partial charge >= 0.3 is 0 Å². The fourth-order valence-corrected chi connectivity index (χ4v) is 12.5. The third kappa shape index (κ3) is 39.9. The molecule has 12 atom stereocenters. The molecule has 14 nitrogen and oxygen atoms in total. The van der Waals surface area contributed by atoms with Gasteiger partial charge in [-0.15, -0.1) is 0 Å². The molecule has 9 N–H and O–H groups in total. The Bertz CT molecular complexity index is 1410. The fraction of sp³-hybridized carbons (Fsp3) is 0.986. The first kappa shape index (κ1) is 79.1. The van der Waals surface area contributed by atoms with E-state index in [4.69, 9.17) is 18.9 Å². The molecule has 0 saturated carbocycles. The first-order chi connectivity index (χ1) is 41.1. The molecule has 2 aliphatic heterocycles. The van der Waals surface area contributed by atoms with Crippen LogP contribution in [0.25, 0.3) is 0 Å². The number of carbonyl (C=O) groups excluding carboxylic acids is 1. The molecule has 0 aliphatic carbocycles. The van der Waals surface area contributed by atoms with Crippen LogP contribution in [0.3, 0.4) is 0 Å². The molecule has 2 rings (SSSR count). The number of nitrogens with one attached hydrogen (secondary N) is 1. The van der Waals surface area contributed by atoms with Gasteiger partial charge in [0, 0.05) is 6.42 Å². The van der Waals surface area contributed by atoms with Crippen molar-refractivity contribution < 1.29 is 64.6 Å². The number of hydrogen-bond acceptors (Lipinski definition) is 13. The molecular weight excluding hydrogens is 1060 g/mol. The smallest absolute Gasteiger partial charge is 0.220 e. The fourth-order valence-electron chi connectivity index (χ4n) is 12.5. The Kier molecular flexibility index (Phi) is 52.7. The van der Waals surface area contributed by atoms with Gasteiger partial charge in [-0.2, -0.15) is 0 Å². The van der Waals surface area contributed by atoms with E-state index in [-0.39, 0.29) is 12.5 Å². The Hall–Kier alpha value is -1.01. The normalized spacial score (nSPS) is 23.5. The molecule has 0 aromatic heterocycles. The highest BCUT2D eigenvalue weighted by Crippen LogP contribution is 2.30. The monoisotopic (exact) mass is 1200 g/mol. The zero-order valence-corrected chi connectivity index (χ0v) is 54.4. The van der Waals surface area contributed by atoms with Crippen molar-refractivity contribution in [1.82, 2.24) is 5.32 Å². The Balaban J connectivity index is 1.55. The zero-order chi connectivity index (χ0) is 60.9. The van der Waals surface area contributed by atoms with E-state index in [0.717, 1.165) is 51.4 Å². The largest absolute Gasteiger partial charge is 0.394 e. The molecule has 12 unspecified atom stereocenters. The maximum absolute atomic E-state index is 13.3. The lowest BCUT2D eigenvalue weighted by Gasteiger charge is -2.46. The van der Waals surface area contributed by atoms with Crippen LogP contribution < -0.4 is 5.32 Å². The number of hydrogen-bond donors (Lipinski definition) is 9. The van der Waals surface area contributed by atoms with Gasteiger partial charge in [0.1, 0.15) is 48.8 Å². The predicted octanol–water partition coefficient (Wildman–Crippen LogP) is 14.8. The number of ether oxygens (including phenoxy) is 4. The van der Waals surface area contributed by atoms with Gasteiger partial charge < -0.3 is 65.1 Å². The van der Waals surface area contributed by atoms with E-state index >= 15 is 0 Å². The van der Waals surface area contributed by atoms with Gasteiger partial charge in [0.15, 0.2) is 12.6 Å². The molecule has 2 fully saturated rings. The molecule has 0 aromatic carbocycles. The summed E-state index contributed by atoms with van der Waals surface area (Å²) in [6.45, 7) is 2.91. The number of aliphatic hydroxyl groups is 8. The van der Waals surface area contributed by atoms with Crippen molar-refractivity contribution in [3.05, 3.63) is 0 Å². The standard InChI is InChI=1S/C70H137NO13/c1-3-5-7-9-11-13-15-17-19-20-21-22-23-24-25-26-27-28-29-30-31-32-33-34-35-36-37-38-39-40-42-44-46-48-50-52-54-62(75)71-58(59(74)53-51-49-47-45-43-41-18-16-14-12-10-8-6-4-2)57-81-69-67(80)65(78)68(61(56-73)83-69)84-70-66(79)64(77)63(76)60(55-72)82-70/h58-61,63-70,72-74,76-80H,3-57H2,1-2H3,(H,71,75). The Morgan fingerprint density at radius 2 is 0.679 bits per heavy atom. The molecule has 14 heteroatoms. The molecule has 0 aromatic rings. The predicted molar refractivity (Wildman–Crippen MR) is 342 cm³/mol. The number of unbranched alkanes of at least 4 members (excludes halogenated alkanes) is 48. The van der Waals surface area contributed by atoms with Crippen molar-refractivity contribution in [3.63, 3.8) is 0 Å². The van der Waals surface area contributed by atoms with Crippen LogP contribution in [0.1, 0.15) is 348 Å². The highest BCUT2D eigenvalue weighted by molar-refractivity contribution is 5.76. The van der Waals surface area contributed by atoms with Gasteiger partial charge in [-0.3, -0.25) is 4.79 Å². The third-order valence-electron chi connectivity index (χ3n) is 18.3. The molecule has 2 heterocycles. The molecule has 0 spiro atoms. The van der Waals surface area contributed by atoms with E-state index in [1.807, 2.05) is 0 Å². The summed E-state index contributed by atoms with van der Waals surface area (Å²) < 4.78 is 22.9.